The van der Waals surface area contributed by atoms with E-state index in [9.17, 15) is 14.7 Å². The highest BCUT2D eigenvalue weighted by atomic mass is 16.5. The lowest BCUT2D eigenvalue weighted by molar-refractivity contribution is -0.157. The number of nitrogens with zero attached hydrogens (tertiary/aromatic N) is 1. The van der Waals surface area contributed by atoms with Crippen LogP contribution in [-0.4, -0.2) is 54.8 Å². The van der Waals surface area contributed by atoms with Crippen molar-refractivity contribution in [3.05, 3.63) is 54.1 Å². The summed E-state index contributed by atoms with van der Waals surface area (Å²) in [5.41, 5.74) is 1.48. The second kappa shape index (κ2) is 7.87. The molecule has 6 nitrogen and oxygen atoms in total. The van der Waals surface area contributed by atoms with E-state index in [1.165, 1.54) is 0 Å². The molecule has 0 unspecified atom stereocenters. The van der Waals surface area contributed by atoms with Crippen molar-refractivity contribution in [2.24, 2.45) is 11.3 Å². The number of hydrogen-bond acceptors (Lipinski definition) is 4. The Kier molecular flexibility index (Phi) is 5.28. The minimum absolute atomic E-state index is 0.143. The summed E-state index contributed by atoms with van der Waals surface area (Å²) in [6.07, 6.45) is 0.443. The van der Waals surface area contributed by atoms with E-state index in [-0.39, 0.29) is 18.4 Å². The number of carbonyl (C=O) groups excluding carboxylic acids is 1. The zero-order valence-corrected chi connectivity index (χ0v) is 16.5. The molecule has 1 N–H and O–H groups in total. The van der Waals surface area contributed by atoms with Gasteiger partial charge in [-0.05, 0) is 37.1 Å². The Hall–Kier alpha value is -2.86. The van der Waals surface area contributed by atoms with Crippen molar-refractivity contribution in [2.45, 2.75) is 13.3 Å². The first-order valence-corrected chi connectivity index (χ1v) is 9.98. The quantitative estimate of drug-likeness (QED) is 0.841. The Balaban J connectivity index is 1.61. The van der Waals surface area contributed by atoms with E-state index in [1.807, 2.05) is 49.4 Å². The summed E-state index contributed by atoms with van der Waals surface area (Å²) >= 11 is 0. The molecule has 29 heavy (non-hydrogen) atoms. The lowest BCUT2D eigenvalue weighted by Gasteiger charge is -2.33. The number of carbonyl (C=O) groups is 2. The van der Waals surface area contributed by atoms with Crippen molar-refractivity contribution < 1.29 is 24.2 Å². The summed E-state index contributed by atoms with van der Waals surface area (Å²) in [5.74, 6) is -0.371. The zero-order valence-electron chi connectivity index (χ0n) is 16.5. The fourth-order valence-electron chi connectivity index (χ4n) is 4.44. The maximum Gasteiger partial charge on any atom is 0.311 e. The van der Waals surface area contributed by atoms with Gasteiger partial charge in [-0.2, -0.15) is 0 Å². The van der Waals surface area contributed by atoms with Crippen LogP contribution in [0.2, 0.25) is 0 Å². The van der Waals surface area contributed by atoms with Crippen molar-refractivity contribution >= 4 is 11.9 Å². The van der Waals surface area contributed by atoms with Gasteiger partial charge in [0.25, 0.3) is 5.91 Å². The number of fused-ring (bicyclic) bond motifs is 1. The highest BCUT2D eigenvalue weighted by Crippen LogP contribution is 2.43. The lowest BCUT2D eigenvalue weighted by atomic mass is 9.74. The highest BCUT2D eigenvalue weighted by molar-refractivity contribution is 5.96. The lowest BCUT2D eigenvalue weighted by Crippen LogP contribution is -2.45. The minimum Gasteiger partial charge on any atom is -0.493 e. The largest absolute Gasteiger partial charge is 0.493 e. The van der Waals surface area contributed by atoms with Crippen molar-refractivity contribution in [1.29, 1.82) is 0 Å². The van der Waals surface area contributed by atoms with E-state index in [4.69, 9.17) is 9.47 Å². The second-order valence-corrected chi connectivity index (χ2v) is 7.68. The Labute approximate surface area is 170 Å². The standard InChI is InChI=1S/C23H25NO5/c1-2-29-20-9-4-3-8-19(20)16-6-5-7-17(12-16)21(25)24-13-18-14-28-11-10-23(18,15-24)22(26)27/h3-9,12,18H,2,10-11,13-15H2,1H3,(H,26,27)/t18-,23+/m0/s1. The molecule has 0 bridgehead atoms. The van der Waals surface area contributed by atoms with Gasteiger partial charge in [0.05, 0.1) is 18.6 Å². The molecule has 152 valence electrons. The summed E-state index contributed by atoms with van der Waals surface area (Å²) in [4.78, 5) is 26.9. The van der Waals surface area contributed by atoms with Gasteiger partial charge in [0.15, 0.2) is 0 Å². The molecule has 6 heteroatoms. The molecule has 2 heterocycles. The van der Waals surface area contributed by atoms with Crippen molar-refractivity contribution in [3.63, 3.8) is 0 Å². The summed E-state index contributed by atoms with van der Waals surface area (Å²) in [6.45, 7) is 3.95. The molecule has 2 aromatic carbocycles. The van der Waals surface area contributed by atoms with Gasteiger partial charge in [-0.15, -0.1) is 0 Å². The monoisotopic (exact) mass is 395 g/mol. The molecule has 0 radical (unpaired) electrons. The van der Waals surface area contributed by atoms with Crippen molar-refractivity contribution in [2.75, 3.05) is 32.9 Å². The molecular formula is C23H25NO5. The van der Waals surface area contributed by atoms with Crippen LogP contribution < -0.4 is 4.74 Å². The zero-order chi connectivity index (χ0) is 20.4. The fraction of sp³-hybridized carbons (Fsp3) is 0.391. The molecular weight excluding hydrogens is 370 g/mol. The number of para-hydroxylation sites is 1. The third kappa shape index (κ3) is 3.49. The van der Waals surface area contributed by atoms with Gasteiger partial charge in [-0.25, -0.2) is 0 Å². The average Bonchev–Trinajstić information content (AvgIpc) is 3.15. The van der Waals surface area contributed by atoms with Gasteiger partial charge in [0.1, 0.15) is 5.75 Å². The first-order valence-electron chi connectivity index (χ1n) is 9.98. The molecule has 0 aromatic heterocycles. The van der Waals surface area contributed by atoms with Crippen LogP contribution in [-0.2, 0) is 9.53 Å². The average molecular weight is 395 g/mol. The molecule has 0 spiro atoms. The van der Waals surface area contributed by atoms with Crippen LogP contribution in [0.3, 0.4) is 0 Å². The fourth-order valence-corrected chi connectivity index (χ4v) is 4.44. The van der Waals surface area contributed by atoms with Crippen LogP contribution in [0.25, 0.3) is 11.1 Å². The Morgan fingerprint density at radius 1 is 1.24 bits per heavy atom. The summed E-state index contributed by atoms with van der Waals surface area (Å²) in [6, 6.07) is 15.2. The van der Waals surface area contributed by atoms with Crippen LogP contribution in [0.15, 0.2) is 48.5 Å². The number of likely N-dealkylation sites (tertiary alicyclic amines) is 1. The number of carboxylic acid groups (broad SMARTS) is 1. The molecule has 1 amide bonds. The summed E-state index contributed by atoms with van der Waals surface area (Å²) in [7, 11) is 0. The predicted molar refractivity (Wildman–Crippen MR) is 108 cm³/mol. The minimum atomic E-state index is -0.896. The van der Waals surface area contributed by atoms with E-state index in [1.54, 1.807) is 11.0 Å². The number of aliphatic carboxylic acids is 1. The van der Waals surface area contributed by atoms with E-state index < -0.39 is 11.4 Å². The second-order valence-electron chi connectivity index (χ2n) is 7.68. The topological polar surface area (TPSA) is 76.1 Å². The molecule has 0 saturated carbocycles. The van der Waals surface area contributed by atoms with Crippen LogP contribution in [0, 0.1) is 11.3 Å². The molecule has 2 atom stereocenters. The van der Waals surface area contributed by atoms with Gasteiger partial charge in [0.2, 0.25) is 0 Å². The first kappa shape index (κ1) is 19.5. The normalized spacial score (nSPS) is 23.5. The van der Waals surface area contributed by atoms with Gasteiger partial charge in [-0.3, -0.25) is 9.59 Å². The van der Waals surface area contributed by atoms with Gasteiger partial charge >= 0.3 is 5.97 Å². The van der Waals surface area contributed by atoms with Gasteiger partial charge < -0.3 is 19.5 Å². The van der Waals surface area contributed by atoms with Crippen LogP contribution in [0.1, 0.15) is 23.7 Å². The molecule has 2 aromatic rings. The van der Waals surface area contributed by atoms with Crippen molar-refractivity contribution in [1.82, 2.24) is 4.90 Å². The number of carboxylic acids is 1. The number of rotatable bonds is 5. The molecule has 2 aliphatic heterocycles. The van der Waals surface area contributed by atoms with Crippen LogP contribution in [0.5, 0.6) is 5.75 Å². The number of benzene rings is 2. The SMILES string of the molecule is CCOc1ccccc1-c1cccc(C(=O)N2C[C@H]3COCC[C@@]3(C(=O)O)C2)c1. The van der Waals surface area contributed by atoms with E-state index in [2.05, 4.69) is 0 Å². The molecule has 4 rings (SSSR count). The molecule has 2 fully saturated rings. The summed E-state index contributed by atoms with van der Waals surface area (Å²) in [5, 5.41) is 9.84. The maximum absolute atomic E-state index is 13.2. The molecule has 2 aliphatic rings. The third-order valence-electron chi connectivity index (χ3n) is 6.03. The van der Waals surface area contributed by atoms with Gasteiger partial charge in [0, 0.05) is 36.7 Å². The smallest absolute Gasteiger partial charge is 0.311 e. The van der Waals surface area contributed by atoms with Gasteiger partial charge in [-0.1, -0.05) is 30.3 Å². The van der Waals surface area contributed by atoms with Crippen molar-refractivity contribution in [3.8, 4) is 16.9 Å². The third-order valence-corrected chi connectivity index (χ3v) is 6.03. The predicted octanol–water partition coefficient (Wildman–Crippen LogP) is 3.32. The van der Waals surface area contributed by atoms with E-state index in [0.29, 0.717) is 38.3 Å². The Morgan fingerprint density at radius 3 is 2.83 bits per heavy atom. The van der Waals surface area contributed by atoms with E-state index in [0.717, 1.165) is 16.9 Å². The first-order chi connectivity index (χ1) is 14.0. The number of ether oxygens (including phenoxy) is 2. The molecule has 2 saturated heterocycles. The van der Waals surface area contributed by atoms with Crippen LogP contribution in [0.4, 0.5) is 0 Å². The Bertz CT molecular complexity index is 927. The Morgan fingerprint density at radius 2 is 2.07 bits per heavy atom. The number of amides is 1. The highest BCUT2D eigenvalue weighted by Gasteiger charge is 2.54. The maximum atomic E-state index is 13.2. The summed E-state index contributed by atoms with van der Waals surface area (Å²) < 4.78 is 11.2. The molecule has 0 aliphatic carbocycles. The van der Waals surface area contributed by atoms with E-state index >= 15 is 0 Å². The van der Waals surface area contributed by atoms with Crippen LogP contribution >= 0.6 is 0 Å². The number of hydrogen-bond donors (Lipinski definition) is 1.